The van der Waals surface area contributed by atoms with Crippen molar-refractivity contribution >= 4 is 8.85 Å². The molecule has 0 atom stereocenters. The zero-order chi connectivity index (χ0) is 3.58. The van der Waals surface area contributed by atoms with Crippen molar-refractivity contribution in [3.8, 4) is 0 Å². The molecule has 0 aromatic carbocycles. The van der Waals surface area contributed by atoms with Crippen LogP contribution in [0.1, 0.15) is 0 Å². The van der Waals surface area contributed by atoms with Gasteiger partial charge in [0.05, 0.1) is 0 Å². The van der Waals surface area contributed by atoms with Gasteiger partial charge >= 0.3 is 21.4 Å². The van der Waals surface area contributed by atoms with Gasteiger partial charge in [0, 0.05) is 0 Å². The molecule has 0 N–H and O–H groups in total. The zero-order valence-electron chi connectivity index (χ0n) is 1.71. The summed E-state index contributed by atoms with van der Waals surface area (Å²) in [5.41, 5.74) is 0. The average Bonchev–Trinajstić information content (AvgIpc) is 0.811. The summed E-state index contributed by atoms with van der Waals surface area (Å²) in [6.45, 7) is 0. The summed E-state index contributed by atoms with van der Waals surface area (Å²) < 4.78 is 29.4. The van der Waals surface area contributed by atoms with Gasteiger partial charge in [0.25, 0.3) is 0 Å². The van der Waals surface area contributed by atoms with Crippen LogP contribution in [0.3, 0.4) is 0 Å². The molecule has 0 amide bonds. The molecule has 0 aliphatic rings. The minimum absolute atomic E-state index is 4.64. The molecule has 0 aliphatic carbocycles. The molecule has 0 spiro atoms. The van der Waals surface area contributed by atoms with Crippen LogP contribution in [0.5, 0.6) is 0 Å². The normalized spacial score (nSPS) is 11.2. The molecule has 0 aliphatic heterocycles. The van der Waals surface area contributed by atoms with Gasteiger partial charge in [0.1, 0.15) is 0 Å². The molecule has 0 heterocycles. The van der Waals surface area contributed by atoms with Gasteiger partial charge in [-0.05, 0) is 0 Å². The standard InChI is InChI=1S/F3H2P/c1-4(2)3/h4H2. The first kappa shape index (κ1) is 4.22. The summed E-state index contributed by atoms with van der Waals surface area (Å²) in [5.74, 6) is 0. The van der Waals surface area contributed by atoms with Gasteiger partial charge in [-0.3, -0.25) is 0 Å². The minimum atomic E-state index is -4.64. The van der Waals surface area contributed by atoms with E-state index in [1.807, 2.05) is 0 Å². The van der Waals surface area contributed by atoms with Gasteiger partial charge < -0.3 is 0 Å². The van der Waals surface area contributed by atoms with Crippen molar-refractivity contribution in [1.82, 2.24) is 0 Å². The maximum atomic E-state index is 9.81. The fraction of sp³-hybridized carbons (Fsp3) is 0. The van der Waals surface area contributed by atoms with Crippen LogP contribution >= 0.6 is 8.85 Å². The van der Waals surface area contributed by atoms with Crippen LogP contribution < -0.4 is 0 Å². The van der Waals surface area contributed by atoms with Crippen LogP contribution in [0.4, 0.5) is 12.6 Å². The molecule has 4 heavy (non-hydrogen) atoms. The van der Waals surface area contributed by atoms with Crippen LogP contribution in [-0.4, -0.2) is 0 Å². The summed E-state index contributed by atoms with van der Waals surface area (Å²) in [7, 11) is -4.64. The van der Waals surface area contributed by atoms with Gasteiger partial charge in [-0.15, -0.1) is 0 Å². The molecule has 0 bridgehead atoms. The molecule has 0 nitrogen and oxygen atoms in total. The summed E-state index contributed by atoms with van der Waals surface area (Å²) in [6.07, 6.45) is 0. The van der Waals surface area contributed by atoms with E-state index in [-0.39, 0.29) is 0 Å². The van der Waals surface area contributed by atoms with Crippen molar-refractivity contribution in [3.63, 3.8) is 0 Å². The SMILES string of the molecule is F[PH2](F)F. The van der Waals surface area contributed by atoms with Crippen LogP contribution in [0.25, 0.3) is 0 Å². The summed E-state index contributed by atoms with van der Waals surface area (Å²) in [5, 5.41) is 0. The van der Waals surface area contributed by atoms with E-state index in [1.54, 1.807) is 0 Å². The van der Waals surface area contributed by atoms with Crippen molar-refractivity contribution in [1.29, 1.82) is 0 Å². The van der Waals surface area contributed by atoms with Gasteiger partial charge in [-0.25, -0.2) is 0 Å². The first-order valence-electron chi connectivity index (χ1n) is 0.655. The van der Waals surface area contributed by atoms with Gasteiger partial charge in [-0.2, -0.15) is 0 Å². The molecule has 28 valence electrons. The summed E-state index contributed by atoms with van der Waals surface area (Å²) >= 11 is 0. The monoisotopic (exact) mass is 90.0 g/mol. The molecule has 0 aromatic rings. The zero-order valence-corrected chi connectivity index (χ0v) is 2.87. The summed E-state index contributed by atoms with van der Waals surface area (Å²) in [6, 6.07) is 0. The van der Waals surface area contributed by atoms with E-state index >= 15 is 0 Å². The molecule has 0 unspecified atom stereocenters. The Morgan fingerprint density at radius 2 is 1.00 bits per heavy atom. The topological polar surface area (TPSA) is 0 Å². The number of hydrogen-bond acceptors (Lipinski definition) is 0. The second kappa shape index (κ2) is 1.53. The number of halogens is 3. The van der Waals surface area contributed by atoms with Crippen molar-refractivity contribution in [2.45, 2.75) is 0 Å². The second-order valence-corrected chi connectivity index (χ2v) is 0.742. The molecule has 0 saturated heterocycles. The van der Waals surface area contributed by atoms with Crippen LogP contribution in [0.15, 0.2) is 0 Å². The molecule has 0 aromatic heterocycles. The van der Waals surface area contributed by atoms with E-state index in [4.69, 9.17) is 0 Å². The third kappa shape index (κ3) is 68.3. The quantitative estimate of drug-likeness (QED) is 0.396. The predicted molar refractivity (Wildman–Crippen MR) is 13.0 cm³/mol. The van der Waals surface area contributed by atoms with Crippen LogP contribution in [0, 0.1) is 0 Å². The Balaban J connectivity index is 2.32. The van der Waals surface area contributed by atoms with Gasteiger partial charge in [0.2, 0.25) is 0 Å². The van der Waals surface area contributed by atoms with Crippen molar-refractivity contribution in [2.24, 2.45) is 0 Å². The second-order valence-electron chi connectivity index (χ2n) is 0.247. The Morgan fingerprint density at radius 3 is 1.00 bits per heavy atom. The van der Waals surface area contributed by atoms with E-state index in [9.17, 15) is 12.6 Å². The first-order valence-corrected chi connectivity index (χ1v) is 1.96. The van der Waals surface area contributed by atoms with Crippen molar-refractivity contribution < 1.29 is 12.6 Å². The van der Waals surface area contributed by atoms with E-state index in [1.165, 1.54) is 0 Å². The van der Waals surface area contributed by atoms with Crippen molar-refractivity contribution in [2.75, 3.05) is 0 Å². The molecule has 4 heteroatoms. The van der Waals surface area contributed by atoms with E-state index < -0.39 is 8.85 Å². The van der Waals surface area contributed by atoms with E-state index in [2.05, 4.69) is 0 Å². The number of rotatable bonds is 0. The Bertz CT molecular complexity index is 8.00. The maximum absolute atomic E-state index is 9.81. The fourth-order valence-electron chi connectivity index (χ4n) is 0. The molecule has 0 rings (SSSR count). The third-order valence-corrected chi connectivity index (χ3v) is 0. The Kier molecular flexibility index (Phi) is 1.61. The Labute approximate surface area is 22.7 Å². The first-order chi connectivity index (χ1) is 1.73. The average molecular weight is 90.0 g/mol. The summed E-state index contributed by atoms with van der Waals surface area (Å²) in [4.78, 5) is 0. The third-order valence-electron chi connectivity index (χ3n) is 0. The molecular weight excluding hydrogens is 88.0 g/mol. The van der Waals surface area contributed by atoms with Crippen molar-refractivity contribution in [3.05, 3.63) is 0 Å². The molecular formula is H2F3P. The van der Waals surface area contributed by atoms with Crippen LogP contribution in [0.2, 0.25) is 0 Å². The molecule has 0 radical (unpaired) electrons. The van der Waals surface area contributed by atoms with Gasteiger partial charge in [0.15, 0.2) is 0 Å². The fourth-order valence-corrected chi connectivity index (χ4v) is 0. The Hall–Kier alpha value is 0.220. The van der Waals surface area contributed by atoms with E-state index in [0.717, 1.165) is 0 Å². The Morgan fingerprint density at radius 1 is 1.00 bits per heavy atom. The molecule has 0 fully saturated rings. The number of hydrogen-bond donors (Lipinski definition) is 0. The molecule has 0 saturated carbocycles. The van der Waals surface area contributed by atoms with E-state index in [0.29, 0.717) is 0 Å². The van der Waals surface area contributed by atoms with Gasteiger partial charge in [-0.1, -0.05) is 0 Å². The van der Waals surface area contributed by atoms with Crippen LogP contribution in [-0.2, 0) is 0 Å². The predicted octanol–water partition coefficient (Wildman–Crippen LogP) is 1.59.